The molecule has 0 aromatic heterocycles. The van der Waals surface area contributed by atoms with Crippen LogP contribution >= 0.6 is 31.9 Å². The van der Waals surface area contributed by atoms with Crippen molar-refractivity contribution in [1.29, 1.82) is 0 Å². The molecule has 3 aromatic carbocycles. The lowest BCUT2D eigenvalue weighted by atomic mass is 10.2. The first-order valence-corrected chi connectivity index (χ1v) is 10.7. The molecule has 7 heteroatoms. The zero-order valence-corrected chi connectivity index (χ0v) is 19.0. The SMILES string of the molecule is O=C(COc1ccc(Br)cc1Br)Oc1cccc(C(=O)OCCc2ccccc2)c1. The molecule has 30 heavy (non-hydrogen) atoms. The third kappa shape index (κ3) is 6.71. The summed E-state index contributed by atoms with van der Waals surface area (Å²) in [6.45, 7) is -0.00521. The number of carbonyl (C=O) groups is 2. The van der Waals surface area contributed by atoms with Crippen molar-refractivity contribution in [3.8, 4) is 11.5 Å². The van der Waals surface area contributed by atoms with Crippen LogP contribution in [0.5, 0.6) is 11.5 Å². The van der Waals surface area contributed by atoms with Gasteiger partial charge in [0, 0.05) is 10.9 Å². The normalized spacial score (nSPS) is 10.3. The van der Waals surface area contributed by atoms with Gasteiger partial charge >= 0.3 is 11.9 Å². The van der Waals surface area contributed by atoms with Crippen molar-refractivity contribution in [2.24, 2.45) is 0 Å². The Bertz CT molecular complexity index is 1020. The Labute approximate surface area is 191 Å². The van der Waals surface area contributed by atoms with E-state index in [1.54, 1.807) is 30.3 Å². The van der Waals surface area contributed by atoms with Crippen LogP contribution in [0, 0.1) is 0 Å². The molecule has 0 amide bonds. The van der Waals surface area contributed by atoms with Crippen molar-refractivity contribution in [3.63, 3.8) is 0 Å². The van der Waals surface area contributed by atoms with E-state index in [2.05, 4.69) is 31.9 Å². The zero-order chi connectivity index (χ0) is 21.3. The Balaban J connectivity index is 1.50. The standard InChI is InChI=1S/C23H18Br2O5/c24-18-9-10-21(20(25)14-18)29-15-22(26)30-19-8-4-7-17(13-19)23(27)28-12-11-16-5-2-1-3-6-16/h1-10,13-14H,11-12,15H2. The van der Waals surface area contributed by atoms with E-state index < -0.39 is 11.9 Å². The maximum absolute atomic E-state index is 12.3. The minimum Gasteiger partial charge on any atom is -0.481 e. The molecule has 0 N–H and O–H groups in total. The van der Waals surface area contributed by atoms with Gasteiger partial charge in [-0.05, 0) is 57.9 Å². The Morgan fingerprint density at radius 2 is 1.67 bits per heavy atom. The van der Waals surface area contributed by atoms with E-state index in [1.165, 1.54) is 6.07 Å². The first-order valence-electron chi connectivity index (χ1n) is 9.11. The topological polar surface area (TPSA) is 61.8 Å². The smallest absolute Gasteiger partial charge is 0.349 e. The van der Waals surface area contributed by atoms with Gasteiger partial charge < -0.3 is 14.2 Å². The monoisotopic (exact) mass is 532 g/mol. The molecular formula is C23H18Br2O5. The minimum atomic E-state index is -0.584. The van der Waals surface area contributed by atoms with Crippen LogP contribution in [0.2, 0.25) is 0 Å². The van der Waals surface area contributed by atoms with Crippen LogP contribution in [0.4, 0.5) is 0 Å². The second kappa shape index (κ2) is 10.9. The maximum Gasteiger partial charge on any atom is 0.349 e. The van der Waals surface area contributed by atoms with E-state index in [0.29, 0.717) is 22.2 Å². The van der Waals surface area contributed by atoms with Crippen LogP contribution in [0.15, 0.2) is 81.7 Å². The van der Waals surface area contributed by atoms with Crippen LogP contribution < -0.4 is 9.47 Å². The summed E-state index contributed by atoms with van der Waals surface area (Å²) in [5.74, 6) is -0.292. The molecule has 0 aliphatic carbocycles. The minimum absolute atomic E-state index is 0.246. The van der Waals surface area contributed by atoms with Gasteiger partial charge in [-0.3, -0.25) is 0 Å². The first kappa shape index (κ1) is 22.1. The van der Waals surface area contributed by atoms with Gasteiger partial charge in [-0.2, -0.15) is 0 Å². The highest BCUT2D eigenvalue weighted by molar-refractivity contribution is 9.11. The Hall–Kier alpha value is -2.64. The highest BCUT2D eigenvalue weighted by Crippen LogP contribution is 2.28. The molecule has 3 rings (SSSR count). The second-order valence-corrected chi connectivity index (χ2v) is 8.01. The van der Waals surface area contributed by atoms with Crippen LogP contribution in [0.3, 0.4) is 0 Å². The third-order valence-corrected chi connectivity index (χ3v) is 5.12. The van der Waals surface area contributed by atoms with Crippen molar-refractivity contribution in [2.75, 3.05) is 13.2 Å². The molecule has 0 saturated heterocycles. The Morgan fingerprint density at radius 1 is 0.867 bits per heavy atom. The first-order chi connectivity index (χ1) is 14.5. The number of rotatable bonds is 8. The van der Waals surface area contributed by atoms with Crippen LogP contribution in [0.25, 0.3) is 0 Å². The van der Waals surface area contributed by atoms with Crippen LogP contribution in [0.1, 0.15) is 15.9 Å². The van der Waals surface area contributed by atoms with Gasteiger partial charge in [-0.1, -0.05) is 52.3 Å². The Kier molecular flexibility index (Phi) is 8.04. The van der Waals surface area contributed by atoms with E-state index in [4.69, 9.17) is 14.2 Å². The molecule has 0 bridgehead atoms. The number of hydrogen-bond acceptors (Lipinski definition) is 5. The average molecular weight is 534 g/mol. The number of halogens is 2. The van der Waals surface area contributed by atoms with E-state index >= 15 is 0 Å². The molecule has 0 atom stereocenters. The number of hydrogen-bond donors (Lipinski definition) is 0. The molecule has 154 valence electrons. The summed E-state index contributed by atoms with van der Waals surface area (Å²) < 4.78 is 17.6. The Morgan fingerprint density at radius 3 is 2.43 bits per heavy atom. The summed E-state index contributed by atoms with van der Waals surface area (Å²) in [4.78, 5) is 24.3. The maximum atomic E-state index is 12.3. The summed E-state index contributed by atoms with van der Waals surface area (Å²) in [6, 6.07) is 21.4. The molecule has 0 unspecified atom stereocenters. The predicted molar refractivity (Wildman–Crippen MR) is 120 cm³/mol. The van der Waals surface area contributed by atoms with Crippen LogP contribution in [-0.4, -0.2) is 25.2 Å². The molecule has 5 nitrogen and oxygen atoms in total. The van der Waals surface area contributed by atoms with Crippen molar-refractivity contribution in [3.05, 3.63) is 92.9 Å². The summed E-state index contributed by atoms with van der Waals surface area (Å²) in [5.41, 5.74) is 1.40. The van der Waals surface area contributed by atoms with Crippen molar-refractivity contribution in [1.82, 2.24) is 0 Å². The van der Waals surface area contributed by atoms with Gasteiger partial charge in [0.05, 0.1) is 16.6 Å². The van der Waals surface area contributed by atoms with E-state index in [-0.39, 0.29) is 19.0 Å². The van der Waals surface area contributed by atoms with Gasteiger partial charge in [0.2, 0.25) is 0 Å². The second-order valence-electron chi connectivity index (χ2n) is 6.24. The van der Waals surface area contributed by atoms with Crippen molar-refractivity contribution < 1.29 is 23.8 Å². The average Bonchev–Trinajstić information content (AvgIpc) is 2.74. The summed E-state index contributed by atoms with van der Waals surface area (Å²) in [7, 11) is 0. The van der Waals surface area contributed by atoms with Crippen molar-refractivity contribution in [2.45, 2.75) is 6.42 Å². The number of benzene rings is 3. The molecule has 0 radical (unpaired) electrons. The highest BCUT2D eigenvalue weighted by atomic mass is 79.9. The molecule has 0 fully saturated rings. The van der Waals surface area contributed by atoms with E-state index in [0.717, 1.165) is 10.0 Å². The fourth-order valence-electron chi connectivity index (χ4n) is 2.57. The molecule has 0 heterocycles. The summed E-state index contributed by atoms with van der Waals surface area (Å²) >= 11 is 6.72. The van der Waals surface area contributed by atoms with Gasteiger partial charge in [-0.25, -0.2) is 9.59 Å². The molecule has 0 aliphatic heterocycles. The third-order valence-electron chi connectivity index (χ3n) is 4.01. The van der Waals surface area contributed by atoms with Gasteiger partial charge in [0.15, 0.2) is 6.61 Å². The van der Waals surface area contributed by atoms with E-state index in [1.807, 2.05) is 36.4 Å². The van der Waals surface area contributed by atoms with E-state index in [9.17, 15) is 9.59 Å². The zero-order valence-electron chi connectivity index (χ0n) is 15.8. The fourth-order valence-corrected chi connectivity index (χ4v) is 3.73. The molecule has 0 saturated carbocycles. The highest BCUT2D eigenvalue weighted by Gasteiger charge is 2.12. The largest absolute Gasteiger partial charge is 0.481 e. The molecular weight excluding hydrogens is 516 g/mol. The van der Waals surface area contributed by atoms with Gasteiger partial charge in [0.1, 0.15) is 11.5 Å². The lowest BCUT2D eigenvalue weighted by molar-refractivity contribution is -0.136. The fraction of sp³-hybridized carbons (Fsp3) is 0.130. The summed E-state index contributed by atoms with van der Waals surface area (Å²) in [6.07, 6.45) is 0.629. The molecule has 0 spiro atoms. The molecule has 0 aliphatic rings. The number of esters is 2. The van der Waals surface area contributed by atoms with Gasteiger partial charge in [0.25, 0.3) is 0 Å². The number of carbonyl (C=O) groups excluding carboxylic acids is 2. The van der Waals surface area contributed by atoms with Crippen molar-refractivity contribution >= 4 is 43.8 Å². The van der Waals surface area contributed by atoms with Crippen LogP contribution in [-0.2, 0) is 16.0 Å². The molecule has 3 aromatic rings. The summed E-state index contributed by atoms with van der Waals surface area (Å²) in [5, 5.41) is 0. The quantitative estimate of drug-likeness (QED) is 0.279. The van der Waals surface area contributed by atoms with Gasteiger partial charge in [-0.15, -0.1) is 0 Å². The number of ether oxygens (including phenoxy) is 3. The lowest BCUT2D eigenvalue weighted by Crippen LogP contribution is -2.18. The predicted octanol–water partition coefficient (Wildman–Crippen LogP) is 5.60. The lowest BCUT2D eigenvalue weighted by Gasteiger charge is -2.09.